The zero-order chi connectivity index (χ0) is 37.2. The summed E-state index contributed by atoms with van der Waals surface area (Å²) in [6.45, 7) is 7.71. The number of benzene rings is 11. The molecule has 56 heavy (non-hydrogen) atoms. The maximum Gasteiger partial charge on any atom is 0.187 e. The fourth-order valence-electron chi connectivity index (χ4n) is 8.94. The summed E-state index contributed by atoms with van der Waals surface area (Å²) in [5.74, 6) is 0. The van der Waals surface area contributed by atoms with Gasteiger partial charge < -0.3 is 9.80 Å². The van der Waals surface area contributed by atoms with Crippen molar-refractivity contribution >= 4 is 104 Å². The largest absolute Gasteiger partial charge is 0.310 e. The Morgan fingerprint density at radius 2 is 0.821 bits per heavy atom. The maximum absolute atomic E-state index is 7.71. The minimum absolute atomic E-state index is 0.618. The molecule has 0 aliphatic heterocycles. The summed E-state index contributed by atoms with van der Waals surface area (Å²) in [6.07, 6.45) is 0. The molecule has 0 aliphatic rings. The highest BCUT2D eigenvalue weighted by Gasteiger charge is 2.25. The first kappa shape index (κ1) is 31.8. The van der Waals surface area contributed by atoms with E-state index >= 15 is 0 Å². The van der Waals surface area contributed by atoms with Crippen LogP contribution in [0.4, 0.5) is 39.8 Å². The Morgan fingerprint density at radius 1 is 0.304 bits per heavy atom. The average molecular weight is 712 g/mol. The third-order valence-corrected chi connectivity index (χ3v) is 11.3. The highest BCUT2D eigenvalue weighted by molar-refractivity contribution is 6.37. The molecule has 0 fully saturated rings. The van der Waals surface area contributed by atoms with Crippen molar-refractivity contribution in [3.8, 4) is 0 Å². The average Bonchev–Trinajstić information content (AvgIpc) is 3.27. The summed E-state index contributed by atoms with van der Waals surface area (Å²) in [5.41, 5.74) is 7.14. The van der Waals surface area contributed by atoms with E-state index < -0.39 is 0 Å². The maximum atomic E-state index is 7.71. The molecular formula is C53H33N3. The van der Waals surface area contributed by atoms with Crippen LogP contribution in [0.3, 0.4) is 0 Å². The van der Waals surface area contributed by atoms with Gasteiger partial charge in [0, 0.05) is 44.0 Å². The lowest BCUT2D eigenvalue weighted by Gasteiger charge is -2.31. The Kier molecular flexibility index (Phi) is 7.23. The van der Waals surface area contributed by atoms with Gasteiger partial charge in [-0.25, -0.2) is 4.85 Å². The van der Waals surface area contributed by atoms with Crippen molar-refractivity contribution in [1.29, 1.82) is 0 Å². The molecule has 0 radical (unpaired) electrons. The molecule has 0 N–H and O–H groups in total. The van der Waals surface area contributed by atoms with Gasteiger partial charge in [-0.3, -0.25) is 0 Å². The Morgan fingerprint density at radius 3 is 1.52 bits per heavy atom. The number of nitrogens with zero attached hydrogens (tertiary/aromatic N) is 3. The summed E-state index contributed by atoms with van der Waals surface area (Å²) < 4.78 is 0. The highest BCUT2D eigenvalue weighted by Crippen LogP contribution is 2.51. The highest BCUT2D eigenvalue weighted by atomic mass is 15.2. The topological polar surface area (TPSA) is 10.8 Å². The molecule has 260 valence electrons. The van der Waals surface area contributed by atoms with Crippen LogP contribution in [0.25, 0.3) is 69.5 Å². The van der Waals surface area contributed by atoms with Gasteiger partial charge in [0.25, 0.3) is 0 Å². The Bertz CT molecular complexity index is 3270. The van der Waals surface area contributed by atoms with Crippen LogP contribution in [0.1, 0.15) is 0 Å². The van der Waals surface area contributed by atoms with E-state index in [9.17, 15) is 0 Å². The van der Waals surface area contributed by atoms with Gasteiger partial charge in [-0.15, -0.1) is 0 Å². The van der Waals surface area contributed by atoms with Crippen LogP contribution in [-0.4, -0.2) is 0 Å². The van der Waals surface area contributed by atoms with Crippen molar-refractivity contribution in [2.45, 2.75) is 0 Å². The molecule has 0 unspecified atom stereocenters. The lowest BCUT2D eigenvalue weighted by Crippen LogP contribution is -2.12. The van der Waals surface area contributed by atoms with E-state index in [0.717, 1.165) is 34.1 Å². The standard InChI is InChI=1S/C53H33N3/c1-54-37-26-28-40(29-27-37)56(50-34-36-14-8-9-19-41(36)42-20-10-12-22-44(42)50)48-33-31-46-43-21-11-13-23-45(43)53-49(32-25-35-24-30-47(48)52(46)51(35)53)55(38-15-4-2-5-16-38)39-17-6-3-7-18-39/h2-34H. The van der Waals surface area contributed by atoms with Crippen LogP contribution in [0.2, 0.25) is 0 Å². The lowest BCUT2D eigenvalue weighted by molar-refractivity contribution is 1.30. The molecule has 0 bridgehead atoms. The van der Waals surface area contributed by atoms with Crippen LogP contribution in [-0.2, 0) is 0 Å². The number of para-hydroxylation sites is 2. The van der Waals surface area contributed by atoms with Crippen molar-refractivity contribution in [1.82, 2.24) is 0 Å². The van der Waals surface area contributed by atoms with Gasteiger partial charge in [0.15, 0.2) is 5.69 Å². The summed E-state index contributed by atoms with van der Waals surface area (Å²) >= 11 is 0. The van der Waals surface area contributed by atoms with Crippen molar-refractivity contribution in [2.75, 3.05) is 9.80 Å². The Hall–Kier alpha value is -7.67. The monoisotopic (exact) mass is 711 g/mol. The lowest BCUT2D eigenvalue weighted by atomic mass is 9.87. The van der Waals surface area contributed by atoms with E-state index in [0.29, 0.717) is 5.69 Å². The number of rotatable bonds is 6. The summed E-state index contributed by atoms with van der Waals surface area (Å²) in [5, 5.41) is 14.5. The van der Waals surface area contributed by atoms with Crippen molar-refractivity contribution < 1.29 is 0 Å². The molecule has 11 aromatic rings. The molecule has 3 heteroatoms. The Labute approximate surface area is 324 Å². The van der Waals surface area contributed by atoms with E-state index in [1.807, 2.05) is 12.1 Å². The van der Waals surface area contributed by atoms with Crippen molar-refractivity contribution in [3.05, 3.63) is 212 Å². The first-order valence-corrected chi connectivity index (χ1v) is 19.0. The molecule has 11 rings (SSSR count). The van der Waals surface area contributed by atoms with Gasteiger partial charge >= 0.3 is 0 Å². The molecule has 3 nitrogen and oxygen atoms in total. The number of hydrogen-bond donors (Lipinski definition) is 0. The molecule has 0 saturated heterocycles. The minimum atomic E-state index is 0.618. The zero-order valence-electron chi connectivity index (χ0n) is 30.4. The van der Waals surface area contributed by atoms with Crippen LogP contribution in [0.5, 0.6) is 0 Å². The third kappa shape index (κ3) is 4.83. The van der Waals surface area contributed by atoms with Crippen LogP contribution in [0, 0.1) is 6.57 Å². The molecule has 0 aliphatic carbocycles. The van der Waals surface area contributed by atoms with E-state index in [2.05, 4.69) is 203 Å². The first-order valence-electron chi connectivity index (χ1n) is 19.0. The third-order valence-electron chi connectivity index (χ3n) is 11.3. The minimum Gasteiger partial charge on any atom is -0.310 e. The summed E-state index contributed by atoms with van der Waals surface area (Å²) in [7, 11) is 0. The van der Waals surface area contributed by atoms with Gasteiger partial charge in [-0.1, -0.05) is 146 Å². The molecule has 0 saturated carbocycles. The molecule has 0 amide bonds. The van der Waals surface area contributed by atoms with Crippen molar-refractivity contribution in [3.63, 3.8) is 0 Å². The zero-order valence-corrected chi connectivity index (χ0v) is 30.4. The molecule has 0 heterocycles. The van der Waals surface area contributed by atoms with Gasteiger partial charge in [0.1, 0.15) is 0 Å². The van der Waals surface area contributed by atoms with Crippen LogP contribution in [0.15, 0.2) is 200 Å². The number of hydrogen-bond acceptors (Lipinski definition) is 2. The number of fused-ring (bicyclic) bond motifs is 6. The van der Waals surface area contributed by atoms with E-state index in [1.54, 1.807) is 0 Å². The predicted octanol–water partition coefficient (Wildman–Crippen LogP) is 15.5. The quantitative estimate of drug-likeness (QED) is 0.0966. The predicted molar refractivity (Wildman–Crippen MR) is 238 cm³/mol. The van der Waals surface area contributed by atoms with Gasteiger partial charge in [0.2, 0.25) is 0 Å². The number of anilines is 6. The fraction of sp³-hybridized carbons (Fsp3) is 0. The van der Waals surface area contributed by atoms with E-state index in [1.165, 1.54) is 64.6 Å². The summed E-state index contributed by atoms with van der Waals surface area (Å²) in [4.78, 5) is 8.53. The second kappa shape index (κ2) is 12.7. The molecular weight excluding hydrogens is 679 g/mol. The second-order valence-corrected chi connectivity index (χ2v) is 14.4. The SMILES string of the molecule is [C-]#[N+]c1ccc(N(c2cc3ccccc3c3ccccc23)c2ccc3c4ccccc4c4c(N(c5ccccc5)c5ccccc5)ccc5ccc2c3c54)cc1. The fourth-order valence-corrected chi connectivity index (χ4v) is 8.94. The first-order chi connectivity index (χ1) is 27.8. The van der Waals surface area contributed by atoms with Crippen LogP contribution >= 0.6 is 0 Å². The molecule has 0 aromatic heterocycles. The molecule has 11 aromatic carbocycles. The normalized spacial score (nSPS) is 11.6. The van der Waals surface area contributed by atoms with Gasteiger partial charge in [-0.2, -0.15) is 0 Å². The van der Waals surface area contributed by atoms with Crippen LogP contribution < -0.4 is 9.80 Å². The van der Waals surface area contributed by atoms with Gasteiger partial charge in [-0.05, 0) is 92.3 Å². The second-order valence-electron chi connectivity index (χ2n) is 14.4. The molecule has 0 atom stereocenters. The summed E-state index contributed by atoms with van der Waals surface area (Å²) in [6, 6.07) is 71.7. The molecule has 0 spiro atoms. The smallest absolute Gasteiger partial charge is 0.187 e. The van der Waals surface area contributed by atoms with E-state index in [4.69, 9.17) is 6.57 Å². The van der Waals surface area contributed by atoms with E-state index in [-0.39, 0.29) is 0 Å². The Balaban J connectivity index is 1.27. The van der Waals surface area contributed by atoms with Gasteiger partial charge in [0.05, 0.1) is 23.6 Å². The van der Waals surface area contributed by atoms with Crippen molar-refractivity contribution in [2.24, 2.45) is 0 Å².